The molecule has 0 spiro atoms. The van der Waals surface area contributed by atoms with Crippen LogP contribution in [-0.2, 0) is 6.42 Å². The molecule has 7 heteroatoms. The minimum absolute atomic E-state index is 0. The van der Waals surface area contributed by atoms with Gasteiger partial charge in [-0.3, -0.25) is 4.98 Å². The molecule has 0 amide bonds. The Morgan fingerprint density at radius 1 is 1.26 bits per heavy atom. The molecule has 0 aliphatic carbocycles. The van der Waals surface area contributed by atoms with Crippen LogP contribution >= 0.6 is 12.4 Å². The zero-order valence-electron chi connectivity index (χ0n) is 15.2. The smallest absolute Gasteiger partial charge is 0.142 e. The Bertz CT molecular complexity index is 835. The zero-order valence-corrected chi connectivity index (χ0v) is 16.0. The van der Waals surface area contributed by atoms with E-state index in [1.165, 1.54) is 0 Å². The lowest BCUT2D eigenvalue weighted by atomic mass is 10.0. The molecule has 3 aromatic rings. The number of aromatic nitrogens is 3. The van der Waals surface area contributed by atoms with Gasteiger partial charge in [-0.2, -0.15) is 0 Å². The third-order valence-electron chi connectivity index (χ3n) is 4.87. The van der Waals surface area contributed by atoms with E-state index in [0.29, 0.717) is 13.2 Å². The Labute approximate surface area is 165 Å². The van der Waals surface area contributed by atoms with E-state index in [2.05, 4.69) is 21.4 Å². The van der Waals surface area contributed by atoms with E-state index in [9.17, 15) is 0 Å². The van der Waals surface area contributed by atoms with Crippen molar-refractivity contribution in [2.24, 2.45) is 5.73 Å². The summed E-state index contributed by atoms with van der Waals surface area (Å²) in [6.45, 7) is 1.41. The predicted molar refractivity (Wildman–Crippen MR) is 109 cm³/mol. The molecule has 144 valence electrons. The number of nitrogens with zero attached hydrogens (tertiary/aromatic N) is 2. The van der Waals surface area contributed by atoms with Gasteiger partial charge in [0.2, 0.25) is 0 Å². The van der Waals surface area contributed by atoms with E-state index in [4.69, 9.17) is 15.5 Å². The second-order valence-corrected chi connectivity index (χ2v) is 6.78. The van der Waals surface area contributed by atoms with E-state index in [1.807, 2.05) is 36.5 Å². The van der Waals surface area contributed by atoms with Crippen LogP contribution in [0.15, 0.2) is 42.6 Å². The number of rotatable bonds is 7. The number of nitrogens with two attached hydrogens (primary N) is 1. The van der Waals surface area contributed by atoms with Crippen molar-refractivity contribution >= 4 is 23.4 Å². The van der Waals surface area contributed by atoms with Crippen molar-refractivity contribution in [1.29, 1.82) is 0 Å². The number of hydrogen-bond acceptors (Lipinski definition) is 5. The molecular weight excluding hydrogens is 362 g/mol. The molecule has 0 radical (unpaired) electrons. The number of aromatic amines is 1. The molecule has 1 unspecified atom stereocenters. The first-order chi connectivity index (χ1) is 12.8. The number of ether oxygens (including phenoxy) is 1. The Hall–Kier alpha value is -2.15. The summed E-state index contributed by atoms with van der Waals surface area (Å²) in [5.74, 6) is 1.89. The average Bonchev–Trinajstić information content (AvgIpc) is 3.08. The molecule has 0 saturated carbocycles. The molecule has 2 atom stereocenters. The average molecular weight is 388 g/mol. The summed E-state index contributed by atoms with van der Waals surface area (Å²) in [4.78, 5) is 12.7. The lowest BCUT2D eigenvalue weighted by Crippen LogP contribution is -2.38. The third-order valence-corrected chi connectivity index (χ3v) is 4.87. The van der Waals surface area contributed by atoms with Crippen molar-refractivity contribution < 1.29 is 4.74 Å². The number of imidazole rings is 1. The third kappa shape index (κ3) is 4.58. The Balaban J connectivity index is 0.00000210. The highest BCUT2D eigenvalue weighted by molar-refractivity contribution is 5.85. The molecule has 2 aromatic heterocycles. The lowest BCUT2D eigenvalue weighted by Gasteiger charge is -2.29. The lowest BCUT2D eigenvalue weighted by molar-refractivity contribution is 0.236. The van der Waals surface area contributed by atoms with Gasteiger partial charge in [-0.1, -0.05) is 12.1 Å². The summed E-state index contributed by atoms with van der Waals surface area (Å²) in [5.41, 5.74) is 8.85. The van der Waals surface area contributed by atoms with E-state index in [1.54, 1.807) is 0 Å². The first-order valence-electron chi connectivity index (χ1n) is 9.31. The molecule has 0 saturated heterocycles. The van der Waals surface area contributed by atoms with Gasteiger partial charge in [-0.15, -0.1) is 12.4 Å². The minimum atomic E-state index is 0. The molecule has 4 N–H and O–H groups in total. The van der Waals surface area contributed by atoms with Gasteiger partial charge >= 0.3 is 0 Å². The van der Waals surface area contributed by atoms with Crippen molar-refractivity contribution in [1.82, 2.24) is 20.3 Å². The number of H-pyrrole nitrogens is 1. The van der Waals surface area contributed by atoms with Crippen LogP contribution in [0.5, 0.6) is 5.75 Å². The number of benzene rings is 1. The van der Waals surface area contributed by atoms with Gasteiger partial charge < -0.3 is 20.8 Å². The standard InChI is InChI=1S/C20H25N5O.ClH/c21-10-3-5-14(13-19-24-15-6-1-2-7-16(15)25-19)23-17-9-12-26-18-8-4-11-22-20(17)18;/h1-2,4,6-8,11,14,17,23H,3,5,9-10,12-13,21H2,(H,24,25);1H/t14?,17-;/m0./s1. The summed E-state index contributed by atoms with van der Waals surface area (Å²) >= 11 is 0. The summed E-state index contributed by atoms with van der Waals surface area (Å²) in [6.07, 6.45) is 5.58. The van der Waals surface area contributed by atoms with Gasteiger partial charge in [0.15, 0.2) is 0 Å². The number of pyridine rings is 1. The van der Waals surface area contributed by atoms with Gasteiger partial charge in [0.25, 0.3) is 0 Å². The maximum Gasteiger partial charge on any atom is 0.142 e. The number of halogens is 1. The fraction of sp³-hybridized carbons (Fsp3) is 0.400. The second-order valence-electron chi connectivity index (χ2n) is 6.78. The number of nitrogens with one attached hydrogen (secondary N) is 2. The van der Waals surface area contributed by atoms with Gasteiger partial charge in [-0.25, -0.2) is 4.98 Å². The van der Waals surface area contributed by atoms with Gasteiger partial charge in [-0.05, 0) is 43.7 Å². The highest BCUT2D eigenvalue weighted by Gasteiger charge is 2.25. The summed E-state index contributed by atoms with van der Waals surface area (Å²) < 4.78 is 5.73. The van der Waals surface area contributed by atoms with Crippen LogP contribution < -0.4 is 15.8 Å². The van der Waals surface area contributed by atoms with E-state index < -0.39 is 0 Å². The summed E-state index contributed by atoms with van der Waals surface area (Å²) in [5, 5.41) is 3.78. The van der Waals surface area contributed by atoms with Crippen LogP contribution in [0.1, 0.15) is 36.8 Å². The maximum absolute atomic E-state index is 5.76. The van der Waals surface area contributed by atoms with Crippen molar-refractivity contribution in [3.05, 3.63) is 54.1 Å². The Morgan fingerprint density at radius 3 is 3.00 bits per heavy atom. The monoisotopic (exact) mass is 387 g/mol. The maximum atomic E-state index is 5.76. The van der Waals surface area contributed by atoms with Crippen LogP contribution in [0.4, 0.5) is 0 Å². The second kappa shape index (κ2) is 9.17. The van der Waals surface area contributed by atoms with E-state index >= 15 is 0 Å². The number of para-hydroxylation sites is 2. The van der Waals surface area contributed by atoms with Crippen molar-refractivity contribution in [2.45, 2.75) is 37.8 Å². The fourth-order valence-corrected chi connectivity index (χ4v) is 3.60. The van der Waals surface area contributed by atoms with Crippen LogP contribution in [0.25, 0.3) is 11.0 Å². The highest BCUT2D eigenvalue weighted by atomic mass is 35.5. The van der Waals surface area contributed by atoms with E-state index in [-0.39, 0.29) is 24.5 Å². The number of hydrogen-bond donors (Lipinski definition) is 3. The predicted octanol–water partition coefficient (Wildman–Crippen LogP) is 3.14. The minimum Gasteiger partial charge on any atom is -0.492 e. The largest absolute Gasteiger partial charge is 0.492 e. The Morgan fingerprint density at radius 2 is 2.15 bits per heavy atom. The molecule has 1 aromatic carbocycles. The van der Waals surface area contributed by atoms with Crippen LogP contribution in [0, 0.1) is 0 Å². The van der Waals surface area contributed by atoms with Crippen molar-refractivity contribution in [3.8, 4) is 5.75 Å². The normalized spacial score (nSPS) is 17.0. The molecule has 1 aliphatic heterocycles. The SMILES string of the molecule is Cl.NCCCC(Cc1nc2ccccc2[nH]1)N[C@H]1CCOc2cccnc21. The first kappa shape index (κ1) is 19.6. The van der Waals surface area contributed by atoms with Gasteiger partial charge in [0.1, 0.15) is 11.6 Å². The van der Waals surface area contributed by atoms with E-state index in [0.717, 1.165) is 54.0 Å². The molecule has 1 aliphatic rings. The van der Waals surface area contributed by atoms with Gasteiger partial charge in [0, 0.05) is 25.1 Å². The topological polar surface area (TPSA) is 88.8 Å². The highest BCUT2D eigenvalue weighted by Crippen LogP contribution is 2.30. The molecule has 27 heavy (non-hydrogen) atoms. The first-order valence-corrected chi connectivity index (χ1v) is 9.31. The summed E-state index contributed by atoms with van der Waals surface area (Å²) in [6, 6.07) is 12.5. The zero-order chi connectivity index (χ0) is 17.8. The number of fused-ring (bicyclic) bond motifs is 2. The molecule has 6 nitrogen and oxygen atoms in total. The molecule has 0 fully saturated rings. The summed E-state index contributed by atoms with van der Waals surface area (Å²) in [7, 11) is 0. The molecule has 4 rings (SSSR count). The van der Waals surface area contributed by atoms with Crippen LogP contribution in [-0.4, -0.2) is 34.1 Å². The van der Waals surface area contributed by atoms with Gasteiger partial charge in [0.05, 0.1) is 29.4 Å². The fourth-order valence-electron chi connectivity index (χ4n) is 3.60. The van der Waals surface area contributed by atoms with Crippen LogP contribution in [0.2, 0.25) is 0 Å². The Kier molecular flexibility index (Phi) is 6.66. The quantitative estimate of drug-likeness (QED) is 0.579. The van der Waals surface area contributed by atoms with Crippen molar-refractivity contribution in [2.75, 3.05) is 13.2 Å². The molecular formula is C20H26ClN5O. The molecule has 3 heterocycles. The molecule has 0 bridgehead atoms. The van der Waals surface area contributed by atoms with Crippen molar-refractivity contribution in [3.63, 3.8) is 0 Å². The van der Waals surface area contributed by atoms with Crippen LogP contribution in [0.3, 0.4) is 0 Å².